The molecule has 1 amide bonds. The van der Waals surface area contributed by atoms with Crippen LogP contribution in [0.2, 0.25) is 5.02 Å². The molecular formula is C25H22ClN3O3S2. The number of nitrogens with zero attached hydrogens (tertiary/aromatic N) is 3. The minimum atomic E-state index is -3.78. The number of amides is 1. The number of aromatic nitrogens is 1. The van der Waals surface area contributed by atoms with Crippen LogP contribution < -0.4 is 9.11 Å². The first kappa shape index (κ1) is 23.9. The Morgan fingerprint density at radius 1 is 1.12 bits per heavy atom. The van der Waals surface area contributed by atoms with Crippen LogP contribution >= 0.6 is 22.9 Å². The molecule has 0 saturated heterocycles. The van der Waals surface area contributed by atoms with Gasteiger partial charge in [-0.15, -0.1) is 6.58 Å². The molecule has 0 bridgehead atoms. The monoisotopic (exact) mass is 511 g/mol. The van der Waals surface area contributed by atoms with Gasteiger partial charge in [0.2, 0.25) is 0 Å². The largest absolute Gasteiger partial charge is 0.312 e. The van der Waals surface area contributed by atoms with E-state index in [1.54, 1.807) is 43.3 Å². The minimum Gasteiger partial charge on any atom is -0.312 e. The van der Waals surface area contributed by atoms with Crippen LogP contribution in [0.3, 0.4) is 0 Å². The van der Waals surface area contributed by atoms with E-state index >= 15 is 0 Å². The van der Waals surface area contributed by atoms with Crippen molar-refractivity contribution in [3.05, 3.63) is 101 Å². The summed E-state index contributed by atoms with van der Waals surface area (Å²) in [6, 6.07) is 20.2. The van der Waals surface area contributed by atoms with Gasteiger partial charge in [0.05, 0.1) is 20.8 Å². The van der Waals surface area contributed by atoms with Crippen LogP contribution in [0.1, 0.15) is 17.3 Å². The van der Waals surface area contributed by atoms with Crippen molar-refractivity contribution in [1.29, 1.82) is 0 Å². The average Bonchev–Trinajstić information content (AvgIpc) is 3.16. The fraction of sp³-hybridized carbons (Fsp3) is 0.120. The number of allylic oxidation sites excluding steroid dienone is 1. The van der Waals surface area contributed by atoms with Crippen molar-refractivity contribution >= 4 is 54.8 Å². The number of hydrogen-bond acceptors (Lipinski definition) is 4. The van der Waals surface area contributed by atoms with E-state index in [1.807, 2.05) is 22.8 Å². The van der Waals surface area contributed by atoms with Gasteiger partial charge >= 0.3 is 0 Å². The van der Waals surface area contributed by atoms with Crippen molar-refractivity contribution in [2.24, 2.45) is 4.99 Å². The number of carbonyl (C=O) groups excluding carboxylic acids is 1. The van der Waals surface area contributed by atoms with E-state index in [0.717, 1.165) is 10.2 Å². The molecule has 9 heteroatoms. The molecule has 6 nitrogen and oxygen atoms in total. The standard InChI is InChI=1S/C25H22ClN3O3S2/c1-3-16-28-22-15-12-19(26)17-23(22)33-25(28)27-24(30)18-10-13-21(14-11-18)34(31,32)29(4-2)20-8-6-5-7-9-20/h3,5-15,17H,1,4,16H2,2H3. The molecule has 0 fully saturated rings. The van der Waals surface area contributed by atoms with Gasteiger partial charge in [-0.1, -0.05) is 47.2 Å². The zero-order chi connectivity index (χ0) is 24.3. The molecule has 4 rings (SSSR count). The zero-order valence-electron chi connectivity index (χ0n) is 18.4. The maximum absolute atomic E-state index is 13.2. The Bertz CT molecular complexity index is 1520. The van der Waals surface area contributed by atoms with Crippen molar-refractivity contribution in [3.63, 3.8) is 0 Å². The highest BCUT2D eigenvalue weighted by Gasteiger charge is 2.23. The number of benzene rings is 3. The Labute approximate surface area is 207 Å². The topological polar surface area (TPSA) is 71.7 Å². The SMILES string of the molecule is C=CCn1c(=NC(=O)c2ccc(S(=O)(=O)N(CC)c3ccccc3)cc2)sc2cc(Cl)ccc21. The predicted octanol–water partition coefficient (Wildman–Crippen LogP) is 5.50. The van der Waals surface area contributed by atoms with Gasteiger partial charge in [0, 0.05) is 23.7 Å². The van der Waals surface area contributed by atoms with Gasteiger partial charge in [-0.2, -0.15) is 4.99 Å². The van der Waals surface area contributed by atoms with Crippen LogP contribution in [-0.2, 0) is 16.6 Å². The van der Waals surface area contributed by atoms with Crippen molar-refractivity contribution in [2.75, 3.05) is 10.8 Å². The molecule has 0 radical (unpaired) electrons. The molecule has 1 heterocycles. The molecule has 0 unspecified atom stereocenters. The number of rotatable bonds is 7. The lowest BCUT2D eigenvalue weighted by atomic mass is 10.2. The molecule has 4 aromatic rings. The Hall–Kier alpha value is -3.20. The van der Waals surface area contributed by atoms with Gasteiger partial charge in [-0.3, -0.25) is 9.10 Å². The molecule has 0 spiro atoms. The van der Waals surface area contributed by atoms with Crippen LogP contribution in [0.4, 0.5) is 5.69 Å². The molecule has 0 aliphatic heterocycles. The van der Waals surface area contributed by atoms with Crippen LogP contribution in [0.5, 0.6) is 0 Å². The third-order valence-electron chi connectivity index (χ3n) is 5.17. The maximum atomic E-state index is 13.2. The summed E-state index contributed by atoms with van der Waals surface area (Å²) in [7, 11) is -3.78. The number of fused-ring (bicyclic) bond motifs is 1. The highest BCUT2D eigenvalue weighted by atomic mass is 35.5. The van der Waals surface area contributed by atoms with Gasteiger partial charge in [-0.25, -0.2) is 8.42 Å². The number of anilines is 1. The second-order valence-corrected chi connectivity index (χ2v) is 10.7. The fourth-order valence-electron chi connectivity index (χ4n) is 3.57. The second kappa shape index (κ2) is 9.97. The second-order valence-electron chi connectivity index (χ2n) is 7.34. The predicted molar refractivity (Wildman–Crippen MR) is 138 cm³/mol. The quantitative estimate of drug-likeness (QED) is 0.308. The minimum absolute atomic E-state index is 0.105. The van der Waals surface area contributed by atoms with Gasteiger partial charge in [0.1, 0.15) is 0 Å². The first-order valence-electron chi connectivity index (χ1n) is 10.5. The van der Waals surface area contributed by atoms with Crippen LogP contribution in [0.25, 0.3) is 10.2 Å². The smallest absolute Gasteiger partial charge is 0.279 e. The number of thiazole rings is 1. The van der Waals surface area contributed by atoms with E-state index in [1.165, 1.54) is 39.9 Å². The Balaban J connectivity index is 1.67. The summed E-state index contributed by atoms with van der Waals surface area (Å²) in [5.74, 6) is -0.463. The Kier molecular flexibility index (Phi) is 7.02. The molecular weight excluding hydrogens is 490 g/mol. The van der Waals surface area contributed by atoms with Crippen LogP contribution in [0.15, 0.2) is 95.3 Å². The summed E-state index contributed by atoms with van der Waals surface area (Å²) in [6.07, 6.45) is 1.73. The summed E-state index contributed by atoms with van der Waals surface area (Å²) in [6.45, 7) is 6.32. The van der Waals surface area contributed by atoms with Crippen molar-refractivity contribution in [3.8, 4) is 0 Å². The molecule has 0 aliphatic rings. The first-order valence-corrected chi connectivity index (χ1v) is 13.2. The third-order valence-corrected chi connectivity index (χ3v) is 8.37. The Morgan fingerprint density at radius 2 is 1.82 bits per heavy atom. The molecule has 3 aromatic carbocycles. The zero-order valence-corrected chi connectivity index (χ0v) is 20.8. The number of para-hydroxylation sites is 1. The lowest BCUT2D eigenvalue weighted by molar-refractivity contribution is 0.0998. The molecule has 0 saturated carbocycles. The number of sulfonamides is 1. The number of carbonyl (C=O) groups is 1. The van der Waals surface area contributed by atoms with E-state index in [9.17, 15) is 13.2 Å². The highest BCUT2D eigenvalue weighted by Crippen LogP contribution is 2.24. The fourth-order valence-corrected chi connectivity index (χ4v) is 6.36. The molecule has 34 heavy (non-hydrogen) atoms. The van der Waals surface area contributed by atoms with Crippen LogP contribution in [0, 0.1) is 0 Å². The lowest BCUT2D eigenvalue weighted by Gasteiger charge is -2.22. The molecule has 0 aliphatic carbocycles. The summed E-state index contributed by atoms with van der Waals surface area (Å²) in [5.41, 5.74) is 1.78. The molecule has 174 valence electrons. The van der Waals surface area contributed by atoms with Crippen molar-refractivity contribution < 1.29 is 13.2 Å². The summed E-state index contributed by atoms with van der Waals surface area (Å²) in [5, 5.41) is 0.603. The maximum Gasteiger partial charge on any atom is 0.279 e. The molecule has 0 atom stereocenters. The van der Waals surface area contributed by atoms with E-state index in [0.29, 0.717) is 27.6 Å². The van der Waals surface area contributed by atoms with Gasteiger partial charge in [0.15, 0.2) is 4.80 Å². The van der Waals surface area contributed by atoms with E-state index in [4.69, 9.17) is 11.6 Å². The summed E-state index contributed by atoms with van der Waals surface area (Å²) >= 11 is 7.46. The van der Waals surface area contributed by atoms with E-state index < -0.39 is 15.9 Å². The van der Waals surface area contributed by atoms with Gasteiger partial charge in [0.25, 0.3) is 15.9 Å². The van der Waals surface area contributed by atoms with E-state index in [2.05, 4.69) is 11.6 Å². The van der Waals surface area contributed by atoms with Crippen molar-refractivity contribution in [2.45, 2.75) is 18.4 Å². The lowest BCUT2D eigenvalue weighted by Crippen LogP contribution is -2.30. The molecule has 0 N–H and O–H groups in total. The molecule has 1 aromatic heterocycles. The number of halogens is 1. The average molecular weight is 512 g/mol. The highest BCUT2D eigenvalue weighted by molar-refractivity contribution is 7.92. The summed E-state index contributed by atoms with van der Waals surface area (Å²) < 4.78 is 30.5. The van der Waals surface area contributed by atoms with Crippen LogP contribution in [-0.4, -0.2) is 25.4 Å². The third kappa shape index (κ3) is 4.70. The Morgan fingerprint density at radius 3 is 2.47 bits per heavy atom. The summed E-state index contributed by atoms with van der Waals surface area (Å²) in [4.78, 5) is 17.8. The van der Waals surface area contributed by atoms with Crippen molar-refractivity contribution in [1.82, 2.24) is 4.57 Å². The number of hydrogen-bond donors (Lipinski definition) is 0. The van der Waals surface area contributed by atoms with Gasteiger partial charge in [-0.05, 0) is 61.5 Å². The first-order chi connectivity index (χ1) is 16.3. The van der Waals surface area contributed by atoms with Gasteiger partial charge < -0.3 is 4.57 Å². The van der Waals surface area contributed by atoms with E-state index in [-0.39, 0.29) is 11.4 Å². The normalized spacial score (nSPS) is 12.1.